The normalized spacial score (nSPS) is 13.8. The Hall–Kier alpha value is -9.38. The molecule has 0 aliphatic heterocycles. The fraction of sp³-hybridized carbons (Fsp3) is 0.0571. The molecule has 13 aromatic rings. The van der Waals surface area contributed by atoms with Gasteiger partial charge in [0, 0.05) is 50.3 Å². The van der Waals surface area contributed by atoms with E-state index in [9.17, 15) is 0 Å². The maximum Gasteiger partial charge on any atom is 0.137 e. The molecule has 2 heterocycles. The van der Waals surface area contributed by atoms with Gasteiger partial charge >= 0.3 is 0 Å². The lowest BCUT2D eigenvalue weighted by molar-refractivity contribution is 0.660. The van der Waals surface area contributed by atoms with Crippen molar-refractivity contribution in [3.05, 3.63) is 288 Å². The molecule has 350 valence electrons. The van der Waals surface area contributed by atoms with Crippen LogP contribution in [0.25, 0.3) is 66.1 Å². The Bertz CT molecular complexity index is 4330. The number of nitrogens with zero attached hydrogens (tertiary/aromatic N) is 2. The molecular weight excluding hydrogens is 901 g/mol. The summed E-state index contributed by atoms with van der Waals surface area (Å²) in [4.78, 5) is 4.97. The van der Waals surface area contributed by atoms with Gasteiger partial charge in [-0.2, -0.15) is 0 Å². The minimum atomic E-state index is -0.674. The Labute approximate surface area is 429 Å². The Morgan fingerprint density at radius 3 is 1.51 bits per heavy atom. The molecule has 2 aliphatic rings. The van der Waals surface area contributed by atoms with Gasteiger partial charge in [0.05, 0.1) is 27.9 Å². The number of hydrogen-bond acceptors (Lipinski definition) is 4. The van der Waals surface area contributed by atoms with Crippen molar-refractivity contribution in [2.24, 2.45) is 0 Å². The third-order valence-electron chi connectivity index (χ3n) is 16.1. The molecule has 4 heteroatoms. The van der Waals surface area contributed by atoms with E-state index < -0.39 is 5.41 Å². The summed E-state index contributed by atoms with van der Waals surface area (Å²) in [5.41, 5.74) is 21.2. The van der Waals surface area contributed by atoms with E-state index in [0.717, 1.165) is 78.0 Å². The first-order chi connectivity index (χ1) is 36.5. The second-order valence-electron chi connectivity index (χ2n) is 20.3. The lowest BCUT2D eigenvalue weighted by atomic mass is 9.67. The fourth-order valence-corrected chi connectivity index (χ4v) is 13.1. The highest BCUT2D eigenvalue weighted by Crippen LogP contribution is 2.61. The molecule has 0 N–H and O–H groups in total. The van der Waals surface area contributed by atoms with Crippen molar-refractivity contribution in [1.82, 2.24) is 0 Å². The maximum atomic E-state index is 6.72. The molecule has 0 spiro atoms. The smallest absolute Gasteiger partial charge is 0.137 e. The Balaban J connectivity index is 1.03. The minimum absolute atomic E-state index is 0.288. The molecule has 74 heavy (non-hydrogen) atoms. The van der Waals surface area contributed by atoms with Crippen LogP contribution in [-0.4, -0.2) is 0 Å². The van der Waals surface area contributed by atoms with Crippen LogP contribution in [0.4, 0.5) is 34.1 Å². The molecular formula is C70H48N2O2. The number of rotatable bonds is 8. The summed E-state index contributed by atoms with van der Waals surface area (Å²) < 4.78 is 13.4. The van der Waals surface area contributed by atoms with Gasteiger partial charge in [-0.15, -0.1) is 0 Å². The molecule has 2 aliphatic carbocycles. The number of furan rings is 2. The lowest BCUT2D eigenvalue weighted by Crippen LogP contribution is -2.30. The second kappa shape index (κ2) is 16.1. The third kappa shape index (κ3) is 5.97. The predicted molar refractivity (Wildman–Crippen MR) is 305 cm³/mol. The summed E-state index contributed by atoms with van der Waals surface area (Å²) in [7, 11) is 0. The number of hydrogen-bond donors (Lipinski definition) is 0. The van der Waals surface area contributed by atoms with Crippen LogP contribution >= 0.6 is 0 Å². The van der Waals surface area contributed by atoms with E-state index in [1.807, 2.05) is 6.07 Å². The first kappa shape index (κ1) is 42.3. The van der Waals surface area contributed by atoms with Gasteiger partial charge in [-0.1, -0.05) is 196 Å². The zero-order chi connectivity index (χ0) is 49.1. The topological polar surface area (TPSA) is 32.8 Å². The first-order valence-corrected chi connectivity index (χ1v) is 25.6. The van der Waals surface area contributed by atoms with E-state index in [1.54, 1.807) is 0 Å². The highest BCUT2D eigenvalue weighted by Gasteiger charge is 2.48. The second-order valence-corrected chi connectivity index (χ2v) is 20.3. The summed E-state index contributed by atoms with van der Waals surface area (Å²) in [6.45, 7) is 4.74. The van der Waals surface area contributed by atoms with Gasteiger partial charge in [-0.05, 0) is 117 Å². The standard InChI is InChI=1S/C70H48N2O2/c1-69(2)57-33-13-9-27-50(57)54-31-18-36-60(67(54)69)71(49-41-42-53-52-29-11-15-38-62(52)74-65(53)44-49)47-25-17-26-48(43-47)72(59-35-20-40-64-66(59)56-30-12-16-39-63(56)73-64)61-37-19-32-55-51-28-10-14-34-58(51)70(68(55)61,45-21-5-3-6-22-45)46-23-7-4-8-24-46/h3-44H,1-2H3. The zero-order valence-electron chi connectivity index (χ0n) is 41.0. The average molecular weight is 949 g/mol. The van der Waals surface area contributed by atoms with Crippen molar-refractivity contribution < 1.29 is 8.83 Å². The van der Waals surface area contributed by atoms with E-state index in [1.165, 1.54) is 55.6 Å². The molecule has 0 atom stereocenters. The van der Waals surface area contributed by atoms with Crippen LogP contribution in [0.5, 0.6) is 0 Å². The first-order valence-electron chi connectivity index (χ1n) is 25.6. The van der Waals surface area contributed by atoms with Crippen molar-refractivity contribution in [3.63, 3.8) is 0 Å². The van der Waals surface area contributed by atoms with Crippen LogP contribution < -0.4 is 9.80 Å². The number of benzene rings is 11. The Kier molecular flexibility index (Phi) is 9.19. The molecule has 4 nitrogen and oxygen atoms in total. The molecule has 15 rings (SSSR count). The minimum Gasteiger partial charge on any atom is -0.456 e. The highest BCUT2D eigenvalue weighted by molar-refractivity contribution is 6.14. The number of fused-ring (bicyclic) bond motifs is 12. The van der Waals surface area contributed by atoms with Gasteiger partial charge in [0.15, 0.2) is 0 Å². The molecule has 0 amide bonds. The van der Waals surface area contributed by atoms with E-state index in [2.05, 4.69) is 272 Å². The summed E-state index contributed by atoms with van der Waals surface area (Å²) in [5, 5.41) is 4.32. The molecule has 0 saturated heterocycles. The van der Waals surface area contributed by atoms with E-state index in [-0.39, 0.29) is 5.41 Å². The van der Waals surface area contributed by atoms with Crippen molar-refractivity contribution in [3.8, 4) is 22.3 Å². The third-order valence-corrected chi connectivity index (χ3v) is 16.1. The van der Waals surface area contributed by atoms with Crippen molar-refractivity contribution in [2.45, 2.75) is 24.7 Å². The van der Waals surface area contributed by atoms with Crippen molar-refractivity contribution in [2.75, 3.05) is 9.80 Å². The lowest BCUT2D eigenvalue weighted by Gasteiger charge is -2.38. The largest absolute Gasteiger partial charge is 0.456 e. The van der Waals surface area contributed by atoms with Crippen LogP contribution in [0.3, 0.4) is 0 Å². The van der Waals surface area contributed by atoms with Crippen LogP contribution in [0, 0.1) is 0 Å². The van der Waals surface area contributed by atoms with Crippen molar-refractivity contribution >= 4 is 78.0 Å². The SMILES string of the molecule is CC1(C)c2ccccc2-c2cccc(N(c3cccc(N(c4cccc5c4C(c4ccccc4)(c4ccccc4)c4ccccc4-5)c4cccc5oc6ccccc6c45)c3)c3ccc4c(c3)oc3ccccc34)c21. The van der Waals surface area contributed by atoms with Gasteiger partial charge in [-0.3, -0.25) is 0 Å². The quantitative estimate of drug-likeness (QED) is 0.152. The van der Waals surface area contributed by atoms with E-state index in [4.69, 9.17) is 8.83 Å². The monoisotopic (exact) mass is 948 g/mol. The van der Waals surface area contributed by atoms with Gasteiger partial charge in [-0.25, -0.2) is 0 Å². The molecule has 0 unspecified atom stereocenters. The van der Waals surface area contributed by atoms with E-state index in [0.29, 0.717) is 0 Å². The molecule has 0 saturated carbocycles. The van der Waals surface area contributed by atoms with E-state index >= 15 is 0 Å². The fourth-order valence-electron chi connectivity index (χ4n) is 13.1. The molecule has 0 fully saturated rings. The number of para-hydroxylation sites is 2. The Morgan fingerprint density at radius 1 is 0.311 bits per heavy atom. The van der Waals surface area contributed by atoms with Crippen LogP contribution in [0.2, 0.25) is 0 Å². The summed E-state index contributed by atoms with van der Waals surface area (Å²) in [6, 6.07) is 92.9. The van der Waals surface area contributed by atoms with Gasteiger partial charge in [0.2, 0.25) is 0 Å². The van der Waals surface area contributed by atoms with Crippen molar-refractivity contribution in [1.29, 1.82) is 0 Å². The summed E-state index contributed by atoms with van der Waals surface area (Å²) in [6.07, 6.45) is 0. The predicted octanol–water partition coefficient (Wildman–Crippen LogP) is 19.1. The maximum absolute atomic E-state index is 6.72. The molecule has 0 bridgehead atoms. The molecule has 11 aromatic carbocycles. The molecule has 2 aromatic heterocycles. The van der Waals surface area contributed by atoms with Crippen LogP contribution in [0.15, 0.2) is 264 Å². The Morgan fingerprint density at radius 2 is 0.784 bits per heavy atom. The molecule has 0 radical (unpaired) electrons. The van der Waals surface area contributed by atoms with Gasteiger partial charge in [0.1, 0.15) is 22.3 Å². The summed E-state index contributed by atoms with van der Waals surface area (Å²) >= 11 is 0. The summed E-state index contributed by atoms with van der Waals surface area (Å²) in [5.74, 6) is 0. The van der Waals surface area contributed by atoms with Gasteiger partial charge < -0.3 is 18.6 Å². The number of anilines is 6. The van der Waals surface area contributed by atoms with Crippen LogP contribution in [0.1, 0.15) is 47.2 Å². The van der Waals surface area contributed by atoms with Crippen LogP contribution in [-0.2, 0) is 10.8 Å². The van der Waals surface area contributed by atoms with Gasteiger partial charge in [0.25, 0.3) is 0 Å². The average Bonchev–Trinajstić information content (AvgIpc) is 4.19. The zero-order valence-corrected chi connectivity index (χ0v) is 41.0. The highest BCUT2D eigenvalue weighted by atomic mass is 16.3.